The van der Waals surface area contributed by atoms with Crippen LogP contribution < -0.4 is 16.1 Å². The first-order chi connectivity index (χ1) is 10.7. The van der Waals surface area contributed by atoms with Crippen LogP contribution in [0.4, 0.5) is 17.8 Å². The molecular formula is C14H19ClIN7. The maximum Gasteiger partial charge on any atom is 0.250 e. The summed E-state index contributed by atoms with van der Waals surface area (Å²) in [7, 11) is 0. The number of benzene rings is 1. The predicted molar refractivity (Wildman–Crippen MR) is 106 cm³/mol. The van der Waals surface area contributed by atoms with Crippen LogP contribution >= 0.6 is 35.0 Å². The molecule has 0 saturated carbocycles. The summed E-state index contributed by atoms with van der Waals surface area (Å²) in [6, 6.07) is 7.98. The first kappa shape index (κ1) is 19.4. The molecule has 3 N–H and O–H groups in total. The molecule has 2 aromatic rings. The van der Waals surface area contributed by atoms with Gasteiger partial charge in [-0.05, 0) is 42.5 Å². The zero-order valence-corrected chi connectivity index (χ0v) is 15.9. The monoisotopic (exact) mass is 447 g/mol. The second kappa shape index (κ2) is 10.2. The predicted octanol–water partition coefficient (Wildman–Crippen LogP) is 3.21. The molecule has 0 atom stereocenters. The van der Waals surface area contributed by atoms with E-state index >= 15 is 0 Å². The van der Waals surface area contributed by atoms with E-state index in [1.165, 1.54) is 0 Å². The van der Waals surface area contributed by atoms with Crippen LogP contribution in [0, 0.1) is 3.57 Å². The molecule has 7 nitrogen and oxygen atoms in total. The van der Waals surface area contributed by atoms with Crippen molar-refractivity contribution >= 4 is 59.1 Å². The van der Waals surface area contributed by atoms with Gasteiger partial charge in [0.1, 0.15) is 0 Å². The van der Waals surface area contributed by atoms with Gasteiger partial charge in [0.15, 0.2) is 0 Å². The third-order valence-corrected chi connectivity index (χ3v) is 3.56. The minimum Gasteiger partial charge on any atom is -0.354 e. The van der Waals surface area contributed by atoms with Crippen molar-refractivity contribution in [3.63, 3.8) is 0 Å². The van der Waals surface area contributed by atoms with Gasteiger partial charge in [0.05, 0.1) is 6.21 Å². The molecule has 0 saturated heterocycles. The van der Waals surface area contributed by atoms with Crippen molar-refractivity contribution < 1.29 is 0 Å². The van der Waals surface area contributed by atoms with E-state index in [0.717, 1.165) is 22.2 Å². The van der Waals surface area contributed by atoms with E-state index in [1.54, 1.807) is 6.21 Å². The Balaban J connectivity index is 0.00000264. The number of rotatable bonds is 7. The summed E-state index contributed by atoms with van der Waals surface area (Å²) in [5, 5.41) is 10.3. The van der Waals surface area contributed by atoms with E-state index in [-0.39, 0.29) is 12.4 Å². The summed E-state index contributed by atoms with van der Waals surface area (Å²) in [6.45, 7) is 5.44. The normalized spacial score (nSPS) is 10.2. The molecule has 0 aliphatic carbocycles. The van der Waals surface area contributed by atoms with Gasteiger partial charge in [-0.25, -0.2) is 5.43 Å². The Kier molecular flexibility index (Phi) is 8.56. The van der Waals surface area contributed by atoms with Crippen molar-refractivity contribution in [2.24, 2.45) is 5.10 Å². The molecule has 124 valence electrons. The molecule has 0 radical (unpaired) electrons. The van der Waals surface area contributed by atoms with Crippen molar-refractivity contribution in [1.82, 2.24) is 15.0 Å². The number of anilines is 3. The molecule has 9 heteroatoms. The van der Waals surface area contributed by atoms with E-state index in [9.17, 15) is 0 Å². The maximum atomic E-state index is 4.26. The Morgan fingerprint density at radius 3 is 2.13 bits per heavy atom. The van der Waals surface area contributed by atoms with Crippen LogP contribution in [-0.2, 0) is 0 Å². The number of nitrogens with one attached hydrogen (secondary N) is 3. The Morgan fingerprint density at radius 2 is 1.57 bits per heavy atom. The summed E-state index contributed by atoms with van der Waals surface area (Å²) in [4.78, 5) is 12.8. The molecule has 0 unspecified atom stereocenters. The lowest BCUT2D eigenvalue weighted by Crippen LogP contribution is -2.10. The summed E-state index contributed by atoms with van der Waals surface area (Å²) in [6.07, 6.45) is 1.74. The lowest BCUT2D eigenvalue weighted by atomic mass is 10.2. The first-order valence-electron chi connectivity index (χ1n) is 7.00. The quantitative estimate of drug-likeness (QED) is 0.343. The first-order valence-corrected chi connectivity index (χ1v) is 8.08. The third kappa shape index (κ3) is 6.14. The van der Waals surface area contributed by atoms with Gasteiger partial charge < -0.3 is 10.6 Å². The fourth-order valence-corrected chi connectivity index (χ4v) is 2.17. The van der Waals surface area contributed by atoms with E-state index < -0.39 is 0 Å². The zero-order chi connectivity index (χ0) is 15.8. The number of halogens is 2. The standard InChI is InChI=1S/C14H18IN7.ClH/c1-3-16-12-19-13(17-4-2)21-14(20-12)22-18-9-10-7-5-6-8-11(10)15;/h5-9H,3-4H2,1-2H3,(H3,16,17,19,20,21,22);1H. The van der Waals surface area contributed by atoms with Crippen LogP contribution in [-0.4, -0.2) is 34.3 Å². The summed E-state index contributed by atoms with van der Waals surface area (Å²) < 4.78 is 1.13. The highest BCUT2D eigenvalue weighted by molar-refractivity contribution is 14.1. The smallest absolute Gasteiger partial charge is 0.250 e. The van der Waals surface area contributed by atoms with Gasteiger partial charge in [0.2, 0.25) is 17.8 Å². The Morgan fingerprint density at radius 1 is 1.00 bits per heavy atom. The van der Waals surface area contributed by atoms with Gasteiger partial charge in [0.25, 0.3) is 0 Å². The molecule has 0 amide bonds. The largest absolute Gasteiger partial charge is 0.354 e. The highest BCUT2D eigenvalue weighted by atomic mass is 127. The van der Waals surface area contributed by atoms with Crippen LogP contribution in [0.25, 0.3) is 0 Å². The van der Waals surface area contributed by atoms with Crippen molar-refractivity contribution in [1.29, 1.82) is 0 Å². The molecule has 23 heavy (non-hydrogen) atoms. The molecule has 0 bridgehead atoms. The topological polar surface area (TPSA) is 87.1 Å². The summed E-state index contributed by atoms with van der Waals surface area (Å²) in [5.74, 6) is 1.42. The molecule has 0 aliphatic rings. The maximum absolute atomic E-state index is 4.26. The number of hydrazone groups is 1. The van der Waals surface area contributed by atoms with Crippen LogP contribution in [0.5, 0.6) is 0 Å². The molecule has 0 fully saturated rings. The molecule has 1 heterocycles. The molecule has 0 spiro atoms. The average Bonchev–Trinajstić information content (AvgIpc) is 2.50. The van der Waals surface area contributed by atoms with Crippen molar-refractivity contribution in [2.75, 3.05) is 29.1 Å². The second-order valence-electron chi connectivity index (χ2n) is 4.26. The van der Waals surface area contributed by atoms with Crippen LogP contribution in [0.15, 0.2) is 29.4 Å². The number of hydrogen-bond donors (Lipinski definition) is 3. The van der Waals surface area contributed by atoms with Gasteiger partial charge >= 0.3 is 0 Å². The number of hydrogen-bond acceptors (Lipinski definition) is 7. The Labute approximate surface area is 155 Å². The van der Waals surface area contributed by atoms with E-state index in [4.69, 9.17) is 0 Å². The highest BCUT2D eigenvalue weighted by Crippen LogP contribution is 2.10. The summed E-state index contributed by atoms with van der Waals surface area (Å²) >= 11 is 2.27. The minimum absolute atomic E-state index is 0. The van der Waals surface area contributed by atoms with Gasteiger partial charge in [-0.3, -0.25) is 0 Å². The minimum atomic E-state index is 0. The number of nitrogens with zero attached hydrogens (tertiary/aromatic N) is 4. The highest BCUT2D eigenvalue weighted by Gasteiger charge is 2.04. The average molecular weight is 448 g/mol. The molecule has 0 aliphatic heterocycles. The Hall–Kier alpha value is -1.68. The fraction of sp³-hybridized carbons (Fsp3) is 0.286. The van der Waals surface area contributed by atoms with Crippen LogP contribution in [0.3, 0.4) is 0 Å². The van der Waals surface area contributed by atoms with Crippen molar-refractivity contribution in [3.05, 3.63) is 33.4 Å². The van der Waals surface area contributed by atoms with Gasteiger partial charge in [0, 0.05) is 22.2 Å². The van der Waals surface area contributed by atoms with Crippen LogP contribution in [0.1, 0.15) is 19.4 Å². The zero-order valence-electron chi connectivity index (χ0n) is 12.9. The SMILES string of the molecule is CCNc1nc(NCC)nc(NN=Cc2ccccc2I)n1.Cl. The van der Waals surface area contributed by atoms with Gasteiger partial charge in [-0.1, -0.05) is 18.2 Å². The molecule has 1 aromatic heterocycles. The fourth-order valence-electron chi connectivity index (χ4n) is 1.64. The van der Waals surface area contributed by atoms with Gasteiger partial charge in [-0.15, -0.1) is 12.4 Å². The van der Waals surface area contributed by atoms with Crippen LogP contribution in [0.2, 0.25) is 0 Å². The van der Waals surface area contributed by atoms with Crippen molar-refractivity contribution in [2.45, 2.75) is 13.8 Å². The molecular weight excluding hydrogens is 429 g/mol. The van der Waals surface area contributed by atoms with E-state index in [1.807, 2.05) is 38.1 Å². The van der Waals surface area contributed by atoms with E-state index in [0.29, 0.717) is 17.8 Å². The lowest BCUT2D eigenvalue weighted by Gasteiger charge is -2.07. The molecule has 1 aromatic carbocycles. The van der Waals surface area contributed by atoms with Crippen molar-refractivity contribution in [3.8, 4) is 0 Å². The second-order valence-corrected chi connectivity index (χ2v) is 5.42. The lowest BCUT2D eigenvalue weighted by molar-refractivity contribution is 0.992. The summed E-state index contributed by atoms with van der Waals surface area (Å²) in [5.41, 5.74) is 3.87. The number of aromatic nitrogens is 3. The van der Waals surface area contributed by atoms with E-state index in [2.05, 4.69) is 58.7 Å². The Bertz CT molecular complexity index is 627. The van der Waals surface area contributed by atoms with Gasteiger partial charge in [-0.2, -0.15) is 20.1 Å². The molecule has 2 rings (SSSR count). The third-order valence-electron chi connectivity index (χ3n) is 2.58.